The summed E-state index contributed by atoms with van der Waals surface area (Å²) < 4.78 is 10.7. The molecule has 25 heavy (non-hydrogen) atoms. The second-order valence-corrected chi connectivity index (χ2v) is 6.61. The van der Waals surface area contributed by atoms with Crippen molar-refractivity contribution in [2.45, 2.75) is 59.6 Å². The smallest absolute Gasteiger partial charge is 0.410 e. The largest absolute Gasteiger partial charge is 0.444 e. The summed E-state index contributed by atoms with van der Waals surface area (Å²) in [4.78, 5) is 18.2. The van der Waals surface area contributed by atoms with Crippen molar-refractivity contribution < 1.29 is 14.3 Å². The van der Waals surface area contributed by atoms with Gasteiger partial charge in [0.2, 0.25) is 0 Å². The van der Waals surface area contributed by atoms with Gasteiger partial charge in [0.05, 0.1) is 6.61 Å². The summed E-state index contributed by atoms with van der Waals surface area (Å²) in [6.45, 7) is 15.1. The number of hydrogen-bond donors (Lipinski definition) is 2. The van der Waals surface area contributed by atoms with E-state index < -0.39 is 5.60 Å². The lowest BCUT2D eigenvalue weighted by atomic mass is 10.2. The molecule has 0 aliphatic rings. The van der Waals surface area contributed by atoms with Gasteiger partial charge in [-0.05, 0) is 48.0 Å². The molecule has 0 aromatic heterocycles. The van der Waals surface area contributed by atoms with E-state index in [0.717, 1.165) is 18.9 Å². The van der Waals surface area contributed by atoms with Crippen LogP contribution in [0.15, 0.2) is 4.99 Å². The van der Waals surface area contributed by atoms with Gasteiger partial charge in [-0.1, -0.05) is 0 Å². The molecule has 0 fully saturated rings. The normalized spacial score (nSPS) is 12.8. The zero-order valence-corrected chi connectivity index (χ0v) is 19.2. The fourth-order valence-corrected chi connectivity index (χ4v) is 1.80. The van der Waals surface area contributed by atoms with Crippen molar-refractivity contribution in [3.05, 3.63) is 0 Å². The van der Waals surface area contributed by atoms with E-state index in [-0.39, 0.29) is 36.1 Å². The van der Waals surface area contributed by atoms with Crippen molar-refractivity contribution in [1.82, 2.24) is 15.5 Å². The molecule has 0 aromatic carbocycles. The molecule has 0 spiro atoms. The van der Waals surface area contributed by atoms with Crippen molar-refractivity contribution in [3.63, 3.8) is 0 Å². The zero-order valence-electron chi connectivity index (χ0n) is 16.8. The maximum atomic E-state index is 12.0. The Hall–Kier alpha value is -0.770. The van der Waals surface area contributed by atoms with Crippen LogP contribution in [-0.4, -0.2) is 68.5 Å². The molecule has 0 saturated heterocycles. The quantitative estimate of drug-likeness (QED) is 0.234. The Morgan fingerprint density at radius 1 is 1.24 bits per heavy atom. The molecule has 1 unspecified atom stereocenters. The maximum Gasteiger partial charge on any atom is 0.410 e. The number of nitrogens with one attached hydrogen (secondary N) is 2. The fraction of sp³-hybridized carbons (Fsp3) is 0.882. The Bertz CT molecular complexity index is 387. The molecular formula is C17H37IN4O3. The standard InChI is InChI=1S/C17H36N4O3.HI/c1-8-18-15(20-12-13-23-9-2)19-11-10-14(3)21(7)16(22)24-17(4,5)6;/h14H,8-13H2,1-7H3,(H2,18,19,20);1H. The first-order valence-corrected chi connectivity index (χ1v) is 8.77. The van der Waals surface area contributed by atoms with Crippen LogP contribution in [-0.2, 0) is 9.47 Å². The monoisotopic (exact) mass is 472 g/mol. The highest BCUT2D eigenvalue weighted by Gasteiger charge is 2.22. The summed E-state index contributed by atoms with van der Waals surface area (Å²) in [5.41, 5.74) is -0.480. The molecule has 8 heteroatoms. The van der Waals surface area contributed by atoms with Crippen LogP contribution in [0.4, 0.5) is 4.79 Å². The highest BCUT2D eigenvalue weighted by molar-refractivity contribution is 14.0. The minimum absolute atomic E-state index is 0. The number of ether oxygens (including phenoxy) is 2. The van der Waals surface area contributed by atoms with Crippen LogP contribution in [0.1, 0.15) is 48.0 Å². The average Bonchev–Trinajstić information content (AvgIpc) is 2.48. The SMILES string of the molecule is CCNC(=NCCC(C)N(C)C(=O)OC(C)(C)C)NCCOCC.I. The Balaban J connectivity index is 0. The van der Waals surface area contributed by atoms with E-state index in [1.807, 2.05) is 41.5 Å². The molecule has 7 nitrogen and oxygen atoms in total. The Morgan fingerprint density at radius 3 is 2.40 bits per heavy atom. The number of hydrogen-bond acceptors (Lipinski definition) is 4. The van der Waals surface area contributed by atoms with Crippen molar-refractivity contribution >= 4 is 36.0 Å². The van der Waals surface area contributed by atoms with Crippen LogP contribution in [0.25, 0.3) is 0 Å². The summed E-state index contributed by atoms with van der Waals surface area (Å²) in [6, 6.07) is 0.0508. The van der Waals surface area contributed by atoms with E-state index in [4.69, 9.17) is 9.47 Å². The third-order valence-corrected chi connectivity index (χ3v) is 3.25. The number of guanidine groups is 1. The van der Waals surface area contributed by atoms with E-state index in [2.05, 4.69) is 15.6 Å². The first-order chi connectivity index (χ1) is 11.2. The van der Waals surface area contributed by atoms with Crippen molar-refractivity contribution in [3.8, 4) is 0 Å². The second-order valence-electron chi connectivity index (χ2n) is 6.61. The number of carbonyl (C=O) groups is 1. The van der Waals surface area contributed by atoms with Crippen LogP contribution < -0.4 is 10.6 Å². The molecule has 1 amide bonds. The van der Waals surface area contributed by atoms with Crippen molar-refractivity contribution in [2.24, 2.45) is 4.99 Å². The molecule has 0 saturated carbocycles. The van der Waals surface area contributed by atoms with Crippen molar-refractivity contribution in [1.29, 1.82) is 0 Å². The van der Waals surface area contributed by atoms with Gasteiger partial charge in [0.1, 0.15) is 5.60 Å². The van der Waals surface area contributed by atoms with Crippen LogP contribution in [0.5, 0.6) is 0 Å². The Kier molecular flexibility index (Phi) is 15.2. The number of nitrogens with zero attached hydrogens (tertiary/aromatic N) is 2. The first kappa shape index (κ1) is 26.5. The highest BCUT2D eigenvalue weighted by atomic mass is 127. The topological polar surface area (TPSA) is 75.2 Å². The third kappa shape index (κ3) is 14.1. The van der Waals surface area contributed by atoms with Gasteiger partial charge in [0, 0.05) is 39.3 Å². The van der Waals surface area contributed by atoms with E-state index in [1.54, 1.807) is 11.9 Å². The van der Waals surface area contributed by atoms with E-state index >= 15 is 0 Å². The van der Waals surface area contributed by atoms with Gasteiger partial charge in [-0.15, -0.1) is 24.0 Å². The lowest BCUT2D eigenvalue weighted by molar-refractivity contribution is 0.0231. The molecule has 0 aliphatic carbocycles. The molecular weight excluding hydrogens is 435 g/mol. The molecule has 1 atom stereocenters. The van der Waals surface area contributed by atoms with Crippen molar-refractivity contribution in [2.75, 3.05) is 39.9 Å². The molecule has 0 aromatic rings. The van der Waals surface area contributed by atoms with E-state index in [0.29, 0.717) is 26.3 Å². The highest BCUT2D eigenvalue weighted by Crippen LogP contribution is 2.11. The van der Waals surface area contributed by atoms with Gasteiger partial charge in [-0.2, -0.15) is 0 Å². The van der Waals surface area contributed by atoms with Crippen LogP contribution in [0.2, 0.25) is 0 Å². The summed E-state index contributed by atoms with van der Waals surface area (Å²) in [5.74, 6) is 0.768. The maximum absolute atomic E-state index is 12.0. The summed E-state index contributed by atoms with van der Waals surface area (Å²) >= 11 is 0. The number of aliphatic imine (C=N–C) groups is 1. The molecule has 0 heterocycles. The second kappa shape index (κ2) is 14.4. The minimum Gasteiger partial charge on any atom is -0.444 e. The zero-order chi connectivity index (χ0) is 18.6. The molecule has 2 N–H and O–H groups in total. The fourth-order valence-electron chi connectivity index (χ4n) is 1.80. The molecule has 0 bridgehead atoms. The van der Waals surface area contributed by atoms with E-state index in [9.17, 15) is 4.79 Å². The third-order valence-electron chi connectivity index (χ3n) is 3.25. The van der Waals surface area contributed by atoms with Gasteiger partial charge in [0.15, 0.2) is 5.96 Å². The van der Waals surface area contributed by atoms with Crippen LogP contribution in [0.3, 0.4) is 0 Å². The molecule has 0 radical (unpaired) electrons. The number of carbonyl (C=O) groups excluding carboxylic acids is 1. The predicted octanol–water partition coefficient (Wildman–Crippen LogP) is 2.84. The van der Waals surface area contributed by atoms with Gasteiger partial charge in [-0.25, -0.2) is 4.79 Å². The molecule has 0 rings (SSSR count). The molecule has 150 valence electrons. The lowest BCUT2D eigenvalue weighted by Gasteiger charge is -2.28. The average molecular weight is 472 g/mol. The van der Waals surface area contributed by atoms with Gasteiger partial charge >= 0.3 is 6.09 Å². The Labute approximate surface area is 170 Å². The number of amides is 1. The minimum atomic E-state index is -0.480. The first-order valence-electron chi connectivity index (χ1n) is 8.77. The predicted molar refractivity (Wildman–Crippen MR) is 114 cm³/mol. The van der Waals surface area contributed by atoms with Crippen LogP contribution in [0, 0.1) is 0 Å². The van der Waals surface area contributed by atoms with Crippen LogP contribution >= 0.6 is 24.0 Å². The summed E-state index contributed by atoms with van der Waals surface area (Å²) in [6.07, 6.45) is 0.457. The number of rotatable bonds is 9. The van der Waals surface area contributed by atoms with Gasteiger partial charge in [0.25, 0.3) is 0 Å². The molecule has 0 aliphatic heterocycles. The van der Waals surface area contributed by atoms with Gasteiger partial charge < -0.3 is 25.0 Å². The summed E-state index contributed by atoms with van der Waals surface area (Å²) in [5, 5.41) is 6.42. The Morgan fingerprint density at radius 2 is 1.88 bits per heavy atom. The van der Waals surface area contributed by atoms with E-state index in [1.165, 1.54) is 0 Å². The summed E-state index contributed by atoms with van der Waals surface area (Å²) in [7, 11) is 1.76. The van der Waals surface area contributed by atoms with Gasteiger partial charge in [-0.3, -0.25) is 4.99 Å². The number of halogens is 1. The lowest BCUT2D eigenvalue weighted by Crippen LogP contribution is -2.40.